The molecule has 1 rings (SSSR count). The Labute approximate surface area is 63.8 Å². The molecule has 0 aromatic heterocycles. The van der Waals surface area contributed by atoms with E-state index in [0.29, 0.717) is 17.1 Å². The van der Waals surface area contributed by atoms with Crippen LogP contribution < -0.4 is 5.73 Å². The van der Waals surface area contributed by atoms with Crippen molar-refractivity contribution in [2.24, 2.45) is 10.8 Å². The molecule has 0 saturated carbocycles. The van der Waals surface area contributed by atoms with Crippen molar-refractivity contribution in [2.75, 3.05) is 0 Å². The van der Waals surface area contributed by atoms with Crippen molar-refractivity contribution >= 4 is 17.6 Å². The highest BCUT2D eigenvalue weighted by Crippen LogP contribution is 2.09. The molecule has 3 amide bonds. The predicted molar refractivity (Wildman–Crippen MR) is 38.8 cm³/mol. The quantitative estimate of drug-likeness (QED) is 0.581. The van der Waals surface area contributed by atoms with Gasteiger partial charge in [-0.2, -0.15) is 5.10 Å². The largest absolute Gasteiger partial charge is 0.350 e. The van der Waals surface area contributed by atoms with Crippen LogP contribution in [0.15, 0.2) is 5.10 Å². The highest BCUT2D eigenvalue weighted by molar-refractivity contribution is 6.10. The first-order chi connectivity index (χ1) is 5.15. The molecule has 60 valence electrons. The zero-order chi connectivity index (χ0) is 8.43. The lowest BCUT2D eigenvalue weighted by Crippen LogP contribution is -2.33. The first kappa shape index (κ1) is 7.71. The normalized spacial score (nSPS) is 17.0. The number of imide groups is 1. The smallest absolute Gasteiger partial charge is 0.342 e. The average molecular weight is 155 g/mol. The third-order valence-corrected chi connectivity index (χ3v) is 1.45. The zero-order valence-corrected chi connectivity index (χ0v) is 6.20. The van der Waals surface area contributed by atoms with E-state index < -0.39 is 6.03 Å². The molecule has 0 aromatic rings. The molecule has 0 saturated heterocycles. The number of amides is 3. The average Bonchev–Trinajstić information content (AvgIpc) is 2.30. The van der Waals surface area contributed by atoms with Crippen LogP contribution in [-0.4, -0.2) is 22.7 Å². The highest BCUT2D eigenvalue weighted by Gasteiger charge is 2.26. The maximum Gasteiger partial charge on any atom is 0.342 e. The molecule has 11 heavy (non-hydrogen) atoms. The molecule has 0 aliphatic carbocycles. The van der Waals surface area contributed by atoms with E-state index in [9.17, 15) is 9.59 Å². The molecule has 5 nitrogen and oxygen atoms in total. The Bertz CT molecular complexity index is 234. The summed E-state index contributed by atoms with van der Waals surface area (Å²) in [6, 6.07) is -0.807. The Morgan fingerprint density at radius 2 is 2.45 bits per heavy atom. The number of hydrazone groups is 1. The summed E-state index contributed by atoms with van der Waals surface area (Å²) < 4.78 is 0. The van der Waals surface area contributed by atoms with E-state index in [-0.39, 0.29) is 12.3 Å². The fourth-order valence-corrected chi connectivity index (χ4v) is 0.850. The van der Waals surface area contributed by atoms with Gasteiger partial charge in [0.15, 0.2) is 0 Å². The molecular weight excluding hydrogens is 146 g/mol. The topological polar surface area (TPSA) is 75.8 Å². The number of carbonyl (C=O) groups is 2. The fraction of sp³-hybridized carbons (Fsp3) is 0.500. The van der Waals surface area contributed by atoms with Crippen LogP contribution in [0.4, 0.5) is 4.79 Å². The van der Waals surface area contributed by atoms with Crippen LogP contribution in [-0.2, 0) is 4.79 Å². The standard InChI is InChI=1S/C6H9N3O2/c1-2-4-3-5(10)9(8-4)6(7)11/h2-3H2,1H3,(H2,7,11). The van der Waals surface area contributed by atoms with Gasteiger partial charge >= 0.3 is 6.03 Å². The molecule has 0 bridgehead atoms. The van der Waals surface area contributed by atoms with E-state index in [1.807, 2.05) is 6.92 Å². The third kappa shape index (κ3) is 1.36. The lowest BCUT2D eigenvalue weighted by Gasteiger charge is -2.02. The maximum atomic E-state index is 10.9. The number of urea groups is 1. The maximum absolute atomic E-state index is 10.9. The van der Waals surface area contributed by atoms with Gasteiger partial charge in [0.2, 0.25) is 0 Å². The molecule has 0 unspecified atom stereocenters. The van der Waals surface area contributed by atoms with Crippen LogP contribution in [0, 0.1) is 0 Å². The van der Waals surface area contributed by atoms with E-state index in [4.69, 9.17) is 5.73 Å². The summed E-state index contributed by atoms with van der Waals surface area (Å²) >= 11 is 0. The van der Waals surface area contributed by atoms with Crippen molar-refractivity contribution in [3.63, 3.8) is 0 Å². The fourth-order valence-electron chi connectivity index (χ4n) is 0.850. The van der Waals surface area contributed by atoms with Crippen LogP contribution in [0.2, 0.25) is 0 Å². The molecule has 0 atom stereocenters. The molecule has 0 aromatic carbocycles. The molecular formula is C6H9N3O2. The second-order valence-corrected chi connectivity index (χ2v) is 2.24. The van der Waals surface area contributed by atoms with E-state index in [1.54, 1.807) is 0 Å². The van der Waals surface area contributed by atoms with Gasteiger partial charge in [-0.15, -0.1) is 5.01 Å². The first-order valence-electron chi connectivity index (χ1n) is 3.34. The summed E-state index contributed by atoms with van der Waals surface area (Å²) in [4.78, 5) is 21.4. The molecule has 0 fully saturated rings. The van der Waals surface area contributed by atoms with Gasteiger partial charge in [-0.1, -0.05) is 6.92 Å². The monoisotopic (exact) mass is 155 g/mol. The number of nitrogens with zero attached hydrogens (tertiary/aromatic N) is 2. The molecule has 1 heterocycles. The molecule has 0 spiro atoms. The van der Waals surface area contributed by atoms with E-state index in [1.165, 1.54) is 0 Å². The lowest BCUT2D eigenvalue weighted by atomic mass is 10.2. The van der Waals surface area contributed by atoms with Gasteiger partial charge < -0.3 is 5.73 Å². The van der Waals surface area contributed by atoms with Gasteiger partial charge in [-0.05, 0) is 6.42 Å². The van der Waals surface area contributed by atoms with Gasteiger partial charge in [-0.3, -0.25) is 4.79 Å². The summed E-state index contributed by atoms with van der Waals surface area (Å²) in [5.74, 6) is -0.339. The molecule has 2 N–H and O–H groups in total. The van der Waals surface area contributed by atoms with Crippen molar-refractivity contribution in [1.82, 2.24) is 5.01 Å². The zero-order valence-electron chi connectivity index (χ0n) is 6.20. The predicted octanol–water partition coefficient (Wildman–Crippen LogP) is 0.0634. The van der Waals surface area contributed by atoms with Crippen molar-refractivity contribution in [3.8, 4) is 0 Å². The van der Waals surface area contributed by atoms with Gasteiger partial charge in [-0.25, -0.2) is 4.79 Å². The van der Waals surface area contributed by atoms with Crippen LogP contribution in [0.3, 0.4) is 0 Å². The third-order valence-electron chi connectivity index (χ3n) is 1.45. The summed E-state index contributed by atoms with van der Waals surface area (Å²) in [6.07, 6.45) is 0.898. The highest BCUT2D eigenvalue weighted by atomic mass is 16.2. The summed E-state index contributed by atoms with van der Waals surface area (Å²) in [5, 5.41) is 4.42. The number of primary amides is 1. The van der Waals surface area contributed by atoms with Crippen molar-refractivity contribution in [2.45, 2.75) is 19.8 Å². The van der Waals surface area contributed by atoms with Crippen LogP contribution >= 0.6 is 0 Å². The van der Waals surface area contributed by atoms with Crippen molar-refractivity contribution in [3.05, 3.63) is 0 Å². The van der Waals surface area contributed by atoms with Crippen LogP contribution in [0.25, 0.3) is 0 Å². The minimum absolute atomic E-state index is 0.222. The van der Waals surface area contributed by atoms with Crippen LogP contribution in [0.1, 0.15) is 19.8 Å². The number of hydrogen-bond donors (Lipinski definition) is 1. The van der Waals surface area contributed by atoms with Gasteiger partial charge in [0, 0.05) is 5.71 Å². The van der Waals surface area contributed by atoms with Gasteiger partial charge in [0.05, 0.1) is 6.42 Å². The van der Waals surface area contributed by atoms with Gasteiger partial charge in [0.25, 0.3) is 5.91 Å². The summed E-state index contributed by atoms with van der Waals surface area (Å²) in [5.41, 5.74) is 5.57. The van der Waals surface area contributed by atoms with Crippen molar-refractivity contribution in [1.29, 1.82) is 0 Å². The first-order valence-corrected chi connectivity index (χ1v) is 3.34. The van der Waals surface area contributed by atoms with Crippen molar-refractivity contribution < 1.29 is 9.59 Å². The number of rotatable bonds is 1. The minimum atomic E-state index is -0.807. The summed E-state index contributed by atoms with van der Waals surface area (Å²) in [7, 11) is 0. The summed E-state index contributed by atoms with van der Waals surface area (Å²) in [6.45, 7) is 1.87. The van der Waals surface area contributed by atoms with Gasteiger partial charge in [0.1, 0.15) is 0 Å². The Hall–Kier alpha value is -1.39. The number of carbonyl (C=O) groups excluding carboxylic acids is 2. The Morgan fingerprint density at radius 3 is 2.73 bits per heavy atom. The Kier molecular flexibility index (Phi) is 1.89. The molecule has 5 heteroatoms. The molecule has 1 aliphatic rings. The Morgan fingerprint density at radius 1 is 1.82 bits per heavy atom. The van der Waals surface area contributed by atoms with E-state index in [2.05, 4.69) is 5.10 Å². The van der Waals surface area contributed by atoms with E-state index >= 15 is 0 Å². The molecule has 0 radical (unpaired) electrons. The lowest BCUT2D eigenvalue weighted by molar-refractivity contribution is -0.125. The SMILES string of the molecule is CCC1=NN(C(N)=O)C(=O)C1. The second kappa shape index (κ2) is 2.69. The molecule has 1 aliphatic heterocycles. The Balaban J connectivity index is 2.76. The van der Waals surface area contributed by atoms with Crippen LogP contribution in [0.5, 0.6) is 0 Å². The number of nitrogens with two attached hydrogens (primary N) is 1. The van der Waals surface area contributed by atoms with E-state index in [0.717, 1.165) is 0 Å². The minimum Gasteiger partial charge on any atom is -0.350 e. The number of hydrogen-bond acceptors (Lipinski definition) is 3. The second-order valence-electron chi connectivity index (χ2n) is 2.24.